The number of carbonyl (C=O) groups is 1. The molecule has 0 aromatic carbocycles. The van der Waals surface area contributed by atoms with Crippen molar-refractivity contribution in [3.8, 4) is 0 Å². The molecule has 0 aliphatic carbocycles. The summed E-state index contributed by atoms with van der Waals surface area (Å²) in [7, 11) is 3.45. The molecule has 13 nitrogen and oxygen atoms in total. The van der Waals surface area contributed by atoms with Crippen molar-refractivity contribution in [3.63, 3.8) is 0 Å². The molecule has 3 saturated heterocycles. The van der Waals surface area contributed by atoms with Crippen LogP contribution in [0.25, 0.3) is 0 Å². The summed E-state index contributed by atoms with van der Waals surface area (Å²) in [5.74, 6) is -2.37. The van der Waals surface area contributed by atoms with E-state index in [1.807, 2.05) is 39.6 Å². The molecule has 0 amide bonds. The van der Waals surface area contributed by atoms with Crippen molar-refractivity contribution < 1.29 is 58.4 Å². The van der Waals surface area contributed by atoms with E-state index in [0.717, 1.165) is 5.57 Å². The first kappa shape index (κ1) is 43.1. The number of ether oxygens (including phenoxy) is 7. The van der Waals surface area contributed by atoms with Crippen LogP contribution in [-0.2, 0) is 38.0 Å². The summed E-state index contributed by atoms with van der Waals surface area (Å²) in [6.07, 6.45) is -5.85. The largest absolute Gasteiger partial charge is 0.489 e. The van der Waals surface area contributed by atoms with Gasteiger partial charge in [0.1, 0.15) is 41.4 Å². The lowest BCUT2D eigenvalue weighted by Crippen LogP contribution is -2.60. The van der Waals surface area contributed by atoms with E-state index >= 15 is 0 Å². The van der Waals surface area contributed by atoms with Crippen LogP contribution in [-0.4, -0.2) is 136 Å². The molecule has 0 unspecified atom stereocenters. The smallest absolute Gasteiger partial charge is 0.311 e. The van der Waals surface area contributed by atoms with E-state index < -0.39 is 95.8 Å². The summed E-state index contributed by atoms with van der Waals surface area (Å²) < 4.78 is 44.8. The lowest BCUT2D eigenvalue weighted by molar-refractivity contribution is -0.317. The van der Waals surface area contributed by atoms with Crippen LogP contribution in [0.4, 0.5) is 0 Å². The number of nitrogens with zero attached hydrogens (tertiary/aromatic N) is 1. The highest BCUT2D eigenvalue weighted by molar-refractivity contribution is 5.73. The predicted molar refractivity (Wildman–Crippen MR) is 193 cm³/mol. The summed E-state index contributed by atoms with van der Waals surface area (Å²) in [6, 6.07) is -0.288. The fraction of sp³-hybridized carbons (Fsp3) is 0.872. The molecule has 0 radical (unpaired) electrons. The zero-order valence-corrected chi connectivity index (χ0v) is 33.4. The molecule has 0 aromatic heterocycles. The highest BCUT2D eigenvalue weighted by Crippen LogP contribution is 2.47. The van der Waals surface area contributed by atoms with Gasteiger partial charge in [-0.15, -0.1) is 6.58 Å². The normalized spacial score (nSPS) is 48.0. The van der Waals surface area contributed by atoms with Crippen LogP contribution < -0.4 is 0 Å². The average molecular weight is 742 g/mol. The first-order chi connectivity index (χ1) is 24.1. The van der Waals surface area contributed by atoms with Crippen LogP contribution >= 0.6 is 0 Å². The number of likely N-dealkylation sites (N-methyl/N-ethyl adjacent to an activating group) is 1. The number of rotatable bonds is 9. The van der Waals surface area contributed by atoms with E-state index in [9.17, 15) is 25.2 Å². The van der Waals surface area contributed by atoms with Crippen molar-refractivity contribution in [3.05, 3.63) is 24.0 Å². The minimum Gasteiger partial charge on any atom is -0.489 e. The SMILES string of the molecule is C=CCN(C)[C@H]1C[C@@H](C)O[C@@H](O[C@@H]2[C@@H](C)[C@H](O[C@H]3C[C@@](C)(OC)[C@@H](O)[C@H](C)O3)[C@@H](C)C(=O)O[C@H](CC)[C@@](C)(O)[C@H](O)[C@@H](C)C3=C(C)C[C@@]2(C)O3)[C@@H]1O. The molecule has 4 rings (SSSR count). The maximum Gasteiger partial charge on any atom is 0.311 e. The number of cyclic esters (lactones) is 1. The zero-order chi connectivity index (χ0) is 39.1. The highest BCUT2D eigenvalue weighted by Gasteiger charge is 2.56. The van der Waals surface area contributed by atoms with Crippen LogP contribution in [0, 0.1) is 17.8 Å². The Morgan fingerprint density at radius 2 is 1.67 bits per heavy atom. The molecule has 4 heterocycles. The number of aliphatic hydroxyl groups excluding tert-OH is 3. The monoisotopic (exact) mass is 741 g/mol. The summed E-state index contributed by atoms with van der Waals surface area (Å²) in [6.45, 7) is 22.4. The van der Waals surface area contributed by atoms with Crippen molar-refractivity contribution in [2.24, 2.45) is 17.8 Å². The summed E-state index contributed by atoms with van der Waals surface area (Å²) in [5, 5.41) is 46.1. The molecule has 4 aliphatic heterocycles. The molecule has 13 heteroatoms. The fourth-order valence-corrected chi connectivity index (χ4v) is 8.99. The van der Waals surface area contributed by atoms with Crippen LogP contribution in [0.3, 0.4) is 0 Å². The van der Waals surface area contributed by atoms with E-state index in [0.29, 0.717) is 25.1 Å². The summed E-state index contributed by atoms with van der Waals surface area (Å²) in [4.78, 5) is 16.2. The number of esters is 1. The Morgan fingerprint density at radius 1 is 1.02 bits per heavy atom. The Bertz CT molecular complexity index is 1280. The molecule has 4 N–H and O–H groups in total. The minimum atomic E-state index is -1.83. The van der Waals surface area contributed by atoms with E-state index in [1.54, 1.807) is 40.7 Å². The molecule has 52 heavy (non-hydrogen) atoms. The fourth-order valence-electron chi connectivity index (χ4n) is 8.99. The van der Waals surface area contributed by atoms with Crippen molar-refractivity contribution in [2.75, 3.05) is 20.7 Å². The van der Waals surface area contributed by atoms with Gasteiger partial charge in [-0.2, -0.15) is 0 Å². The molecular formula is C39H67NO12. The van der Waals surface area contributed by atoms with Crippen LogP contribution in [0.1, 0.15) is 94.9 Å². The summed E-state index contributed by atoms with van der Waals surface area (Å²) in [5.41, 5.74) is -3.04. The average Bonchev–Trinajstić information content (AvgIpc) is 3.40. The molecule has 0 saturated carbocycles. The van der Waals surface area contributed by atoms with Crippen molar-refractivity contribution in [1.82, 2.24) is 4.90 Å². The van der Waals surface area contributed by atoms with Crippen molar-refractivity contribution in [1.29, 1.82) is 0 Å². The Morgan fingerprint density at radius 3 is 2.27 bits per heavy atom. The van der Waals surface area contributed by atoms with Crippen molar-refractivity contribution >= 4 is 5.97 Å². The third-order valence-corrected chi connectivity index (χ3v) is 12.3. The van der Waals surface area contributed by atoms with Crippen LogP contribution in [0.2, 0.25) is 0 Å². The lowest BCUT2D eigenvalue weighted by Gasteiger charge is -2.48. The first-order valence-electron chi connectivity index (χ1n) is 19.0. The quantitative estimate of drug-likeness (QED) is 0.201. The number of hydrogen-bond donors (Lipinski definition) is 4. The zero-order valence-electron chi connectivity index (χ0n) is 33.4. The Labute approximate surface area is 310 Å². The van der Waals surface area contributed by atoms with Gasteiger partial charge in [-0.25, -0.2) is 0 Å². The molecule has 300 valence electrons. The molecule has 3 fully saturated rings. The molecule has 17 atom stereocenters. The van der Waals surface area contributed by atoms with Gasteiger partial charge in [0.05, 0.1) is 35.9 Å². The Hall–Kier alpha value is -1.65. The van der Waals surface area contributed by atoms with E-state index in [4.69, 9.17) is 33.2 Å². The third kappa shape index (κ3) is 8.44. The molecule has 0 aromatic rings. The minimum absolute atomic E-state index is 0.166. The van der Waals surface area contributed by atoms with Gasteiger partial charge >= 0.3 is 5.97 Å². The second-order valence-corrected chi connectivity index (χ2v) is 16.6. The van der Waals surface area contributed by atoms with Gasteiger partial charge in [0.2, 0.25) is 0 Å². The third-order valence-electron chi connectivity index (χ3n) is 12.3. The Balaban J connectivity index is 1.84. The number of aliphatic hydroxyl groups is 4. The van der Waals surface area contributed by atoms with Gasteiger partial charge in [0, 0.05) is 44.4 Å². The van der Waals surface area contributed by atoms with Gasteiger partial charge in [-0.1, -0.05) is 26.8 Å². The van der Waals surface area contributed by atoms with Gasteiger partial charge in [-0.05, 0) is 73.9 Å². The highest BCUT2D eigenvalue weighted by atomic mass is 16.7. The second-order valence-electron chi connectivity index (χ2n) is 16.6. The van der Waals surface area contributed by atoms with Gasteiger partial charge in [-0.3, -0.25) is 9.69 Å². The maximum atomic E-state index is 14.2. The molecule has 4 aliphatic rings. The molecule has 2 bridgehead atoms. The summed E-state index contributed by atoms with van der Waals surface area (Å²) >= 11 is 0. The number of hydrogen-bond acceptors (Lipinski definition) is 13. The number of methoxy groups -OCH3 is 1. The standard InChI is InChI=1S/C39H67NO12/c1-14-16-40(12)26-17-21(4)47-36(29(26)41)51-34-23(6)31(50-28-19-37(9,46-13)33(43)25(8)48-28)24(7)35(44)49-27(15-2)39(11,45)32(42)22(5)30-20(3)18-38(34,10)52-30/h14,21-29,31-34,36,41-43,45H,1,15-19H2,2-13H3/t21-,22+,23+,24-,25+,26+,27-,28+,29-,31+,32-,33+,34-,36+,37-,38-,39-/m1/s1. The topological polar surface area (TPSA) is 166 Å². The van der Waals surface area contributed by atoms with Crippen LogP contribution in [0.15, 0.2) is 24.0 Å². The van der Waals surface area contributed by atoms with E-state index in [1.165, 1.54) is 14.0 Å². The number of fused-ring (bicyclic) bond motifs is 2. The lowest BCUT2D eigenvalue weighted by atomic mass is 9.78. The predicted octanol–water partition coefficient (Wildman–Crippen LogP) is 3.45. The van der Waals surface area contributed by atoms with E-state index in [2.05, 4.69) is 6.58 Å². The van der Waals surface area contributed by atoms with Crippen LogP contribution in [0.5, 0.6) is 0 Å². The second kappa shape index (κ2) is 16.6. The first-order valence-corrected chi connectivity index (χ1v) is 19.0. The van der Waals surface area contributed by atoms with Gasteiger partial charge in [0.25, 0.3) is 0 Å². The van der Waals surface area contributed by atoms with E-state index in [-0.39, 0.29) is 25.0 Å². The van der Waals surface area contributed by atoms with Gasteiger partial charge in [0.15, 0.2) is 12.6 Å². The maximum absolute atomic E-state index is 14.2. The molecule has 0 spiro atoms. The molecular weight excluding hydrogens is 674 g/mol. The Kier molecular flexibility index (Phi) is 13.8. The van der Waals surface area contributed by atoms with Crippen molar-refractivity contribution in [2.45, 2.75) is 179 Å². The number of carbonyl (C=O) groups excluding carboxylic acids is 1. The van der Waals surface area contributed by atoms with Gasteiger partial charge < -0.3 is 53.6 Å².